The number of aryl methyl sites for hydroxylation is 2. The van der Waals surface area contributed by atoms with Crippen LogP contribution in [0, 0.1) is 19.7 Å². The predicted octanol–water partition coefficient (Wildman–Crippen LogP) is 5.51. The number of rotatable bonds is 6. The molecular formula is C33H39FN4O. The molecule has 0 radical (unpaired) electrons. The number of anilines is 2. The van der Waals surface area contributed by atoms with E-state index >= 15 is 4.39 Å². The predicted molar refractivity (Wildman–Crippen MR) is 161 cm³/mol. The zero-order valence-corrected chi connectivity index (χ0v) is 23.6. The van der Waals surface area contributed by atoms with Gasteiger partial charge in [-0.15, -0.1) is 0 Å². The van der Waals surface area contributed by atoms with Crippen LogP contribution in [0.25, 0.3) is 17.2 Å². The third-order valence-electron chi connectivity index (χ3n) is 7.94. The lowest BCUT2D eigenvalue weighted by atomic mass is 9.96. The quantitative estimate of drug-likeness (QED) is 0.312. The first-order valence-corrected chi connectivity index (χ1v) is 13.9. The van der Waals surface area contributed by atoms with Crippen LogP contribution in [-0.4, -0.2) is 82.0 Å². The molecule has 3 aromatic rings. The number of carbonyl (C=O) groups excluding carboxylic acids is 1. The van der Waals surface area contributed by atoms with Crippen LogP contribution in [-0.2, 0) is 0 Å². The SMILES string of the molecule is Cc1cc(C)cc(-c2ccc(N3CCN(C)CC3)c(C(=O)/C=C/c3c(F)cccc3N3CCN(C)CC3)c2)c1. The van der Waals surface area contributed by atoms with Crippen molar-refractivity contribution in [1.29, 1.82) is 0 Å². The number of carbonyl (C=O) groups is 1. The molecule has 6 heteroatoms. The average molecular weight is 527 g/mol. The molecule has 0 amide bonds. The molecule has 0 atom stereocenters. The normalized spacial score (nSPS) is 17.3. The van der Waals surface area contributed by atoms with Crippen molar-refractivity contribution < 1.29 is 9.18 Å². The molecule has 5 nitrogen and oxygen atoms in total. The van der Waals surface area contributed by atoms with Gasteiger partial charge in [-0.05, 0) is 75.5 Å². The highest BCUT2D eigenvalue weighted by Gasteiger charge is 2.22. The maximum atomic E-state index is 15.1. The molecule has 0 unspecified atom stereocenters. The van der Waals surface area contributed by atoms with E-state index in [1.807, 2.05) is 12.1 Å². The first-order chi connectivity index (χ1) is 18.8. The largest absolute Gasteiger partial charge is 0.368 e. The van der Waals surface area contributed by atoms with Crippen LogP contribution in [0.4, 0.5) is 15.8 Å². The van der Waals surface area contributed by atoms with Crippen LogP contribution in [0.2, 0.25) is 0 Å². The van der Waals surface area contributed by atoms with Crippen molar-refractivity contribution >= 4 is 23.2 Å². The number of nitrogens with zero attached hydrogens (tertiary/aromatic N) is 4. The molecule has 204 valence electrons. The van der Waals surface area contributed by atoms with Gasteiger partial charge in [0.1, 0.15) is 5.82 Å². The zero-order valence-electron chi connectivity index (χ0n) is 23.6. The van der Waals surface area contributed by atoms with Crippen molar-refractivity contribution in [3.8, 4) is 11.1 Å². The molecule has 0 N–H and O–H groups in total. The molecule has 2 saturated heterocycles. The second kappa shape index (κ2) is 11.7. The second-order valence-corrected chi connectivity index (χ2v) is 11.1. The van der Waals surface area contributed by atoms with Gasteiger partial charge in [0.25, 0.3) is 0 Å². The molecular weight excluding hydrogens is 487 g/mol. The molecule has 0 bridgehead atoms. The number of allylic oxidation sites excluding steroid dienone is 1. The van der Waals surface area contributed by atoms with Crippen LogP contribution >= 0.6 is 0 Å². The van der Waals surface area contributed by atoms with E-state index in [0.717, 1.165) is 74.9 Å². The Kier molecular flexibility index (Phi) is 8.15. The van der Waals surface area contributed by atoms with E-state index in [1.165, 1.54) is 17.2 Å². The van der Waals surface area contributed by atoms with E-state index in [2.05, 4.69) is 77.9 Å². The minimum absolute atomic E-state index is 0.109. The fraction of sp³-hybridized carbons (Fsp3) is 0.364. The van der Waals surface area contributed by atoms with Crippen LogP contribution in [0.1, 0.15) is 27.0 Å². The first-order valence-electron chi connectivity index (χ1n) is 13.9. The highest BCUT2D eigenvalue weighted by molar-refractivity contribution is 6.11. The number of ketones is 1. The summed E-state index contributed by atoms with van der Waals surface area (Å²) in [6, 6.07) is 17.9. The number of piperazine rings is 2. The first kappa shape index (κ1) is 27.1. The summed E-state index contributed by atoms with van der Waals surface area (Å²) in [6.45, 7) is 11.3. The molecule has 39 heavy (non-hydrogen) atoms. The fourth-order valence-corrected chi connectivity index (χ4v) is 5.64. The van der Waals surface area contributed by atoms with Crippen molar-refractivity contribution in [2.75, 3.05) is 76.3 Å². The Bertz CT molecular complexity index is 1350. The summed E-state index contributed by atoms with van der Waals surface area (Å²) in [5.41, 5.74) is 7.41. The fourth-order valence-electron chi connectivity index (χ4n) is 5.64. The van der Waals surface area contributed by atoms with Crippen molar-refractivity contribution in [2.24, 2.45) is 0 Å². The highest BCUT2D eigenvalue weighted by Crippen LogP contribution is 2.31. The summed E-state index contributed by atoms with van der Waals surface area (Å²) in [6.07, 6.45) is 3.22. The number of benzene rings is 3. The molecule has 2 aliphatic heterocycles. The lowest BCUT2D eigenvalue weighted by molar-refractivity contribution is 0.104. The van der Waals surface area contributed by atoms with Crippen LogP contribution < -0.4 is 9.80 Å². The van der Waals surface area contributed by atoms with Crippen molar-refractivity contribution in [3.05, 3.63) is 88.7 Å². The van der Waals surface area contributed by atoms with Gasteiger partial charge < -0.3 is 19.6 Å². The maximum absolute atomic E-state index is 15.1. The molecule has 3 aromatic carbocycles. The Morgan fingerprint density at radius 2 is 1.31 bits per heavy atom. The van der Waals surface area contributed by atoms with Gasteiger partial charge in [-0.1, -0.05) is 41.5 Å². The van der Waals surface area contributed by atoms with E-state index < -0.39 is 0 Å². The van der Waals surface area contributed by atoms with Crippen molar-refractivity contribution in [2.45, 2.75) is 13.8 Å². The monoisotopic (exact) mass is 526 g/mol. The minimum Gasteiger partial charge on any atom is -0.368 e. The standard InChI is InChI=1S/C33H39FN4O/c1-24-20-25(2)22-27(21-24)26-8-10-32(38-18-14-36(4)15-19-38)29(23-26)33(39)11-9-28-30(34)6-5-7-31(28)37-16-12-35(3)13-17-37/h5-11,20-23H,12-19H2,1-4H3/b11-9+. The van der Waals surface area contributed by atoms with Crippen LogP contribution in [0.15, 0.2) is 60.7 Å². The van der Waals surface area contributed by atoms with Crippen LogP contribution in [0.3, 0.4) is 0 Å². The molecule has 2 fully saturated rings. The molecule has 0 aliphatic carbocycles. The third-order valence-corrected chi connectivity index (χ3v) is 7.94. The van der Waals surface area contributed by atoms with Gasteiger partial charge in [0, 0.05) is 74.9 Å². The summed E-state index contributed by atoms with van der Waals surface area (Å²) in [4.78, 5) is 22.9. The smallest absolute Gasteiger partial charge is 0.187 e. The third kappa shape index (κ3) is 6.23. The van der Waals surface area contributed by atoms with E-state index in [9.17, 15) is 4.79 Å². The van der Waals surface area contributed by atoms with E-state index in [4.69, 9.17) is 0 Å². The summed E-state index contributed by atoms with van der Waals surface area (Å²) in [5, 5.41) is 0. The maximum Gasteiger partial charge on any atom is 0.187 e. The lowest BCUT2D eigenvalue weighted by Crippen LogP contribution is -2.45. The Morgan fingerprint density at radius 3 is 1.92 bits per heavy atom. The number of likely N-dealkylation sites (N-methyl/N-ethyl adjacent to an activating group) is 2. The van der Waals surface area contributed by atoms with Gasteiger partial charge in [0.05, 0.1) is 0 Å². The highest BCUT2D eigenvalue weighted by atomic mass is 19.1. The van der Waals surface area contributed by atoms with Crippen LogP contribution in [0.5, 0.6) is 0 Å². The van der Waals surface area contributed by atoms with E-state index in [-0.39, 0.29) is 11.6 Å². The lowest BCUT2D eigenvalue weighted by Gasteiger charge is -2.35. The number of hydrogen-bond donors (Lipinski definition) is 0. The number of hydrogen-bond acceptors (Lipinski definition) is 5. The van der Waals surface area contributed by atoms with Crippen molar-refractivity contribution in [3.63, 3.8) is 0 Å². The van der Waals surface area contributed by atoms with Gasteiger partial charge in [-0.25, -0.2) is 4.39 Å². The van der Waals surface area contributed by atoms with E-state index in [0.29, 0.717) is 11.1 Å². The van der Waals surface area contributed by atoms with Crippen molar-refractivity contribution in [1.82, 2.24) is 9.80 Å². The Morgan fingerprint density at radius 1 is 0.718 bits per heavy atom. The Labute approximate surface area is 232 Å². The summed E-state index contributed by atoms with van der Waals surface area (Å²) >= 11 is 0. The Balaban J connectivity index is 1.50. The molecule has 0 aromatic heterocycles. The topological polar surface area (TPSA) is 30.0 Å². The number of halogens is 1. The van der Waals surface area contributed by atoms with E-state index in [1.54, 1.807) is 18.2 Å². The van der Waals surface area contributed by atoms with Gasteiger partial charge in [-0.2, -0.15) is 0 Å². The van der Waals surface area contributed by atoms with Gasteiger partial charge in [0.2, 0.25) is 0 Å². The van der Waals surface area contributed by atoms with Gasteiger partial charge >= 0.3 is 0 Å². The minimum atomic E-state index is -0.307. The Hall–Kier alpha value is -3.48. The molecule has 2 aliphatic rings. The second-order valence-electron chi connectivity index (χ2n) is 11.1. The summed E-state index contributed by atoms with van der Waals surface area (Å²) in [5.74, 6) is -0.415. The van der Waals surface area contributed by atoms with Gasteiger partial charge in [0.15, 0.2) is 5.78 Å². The average Bonchev–Trinajstić information content (AvgIpc) is 2.92. The summed E-state index contributed by atoms with van der Waals surface area (Å²) in [7, 11) is 4.23. The van der Waals surface area contributed by atoms with Gasteiger partial charge in [-0.3, -0.25) is 4.79 Å². The summed E-state index contributed by atoms with van der Waals surface area (Å²) < 4.78 is 15.1. The zero-order chi connectivity index (χ0) is 27.5. The molecule has 0 saturated carbocycles. The molecule has 5 rings (SSSR count). The molecule has 2 heterocycles. The molecule has 0 spiro atoms.